The van der Waals surface area contributed by atoms with Crippen molar-refractivity contribution in [1.29, 1.82) is 0 Å². The Balaban J connectivity index is 1.94. The van der Waals surface area contributed by atoms with Gasteiger partial charge >= 0.3 is 0 Å². The van der Waals surface area contributed by atoms with Gasteiger partial charge in [-0.1, -0.05) is 32.1 Å². The number of ether oxygens (including phenoxy) is 1. The molecule has 2 fully saturated rings. The van der Waals surface area contributed by atoms with E-state index in [0.29, 0.717) is 19.4 Å². The molecule has 5 heteroatoms. The van der Waals surface area contributed by atoms with E-state index in [2.05, 4.69) is 26.5 Å². The maximum Gasteiger partial charge on any atom is 0.162 e. The average molecular weight is 371 g/mol. The summed E-state index contributed by atoms with van der Waals surface area (Å²) in [5, 5.41) is 31.4. The van der Waals surface area contributed by atoms with Gasteiger partial charge in [-0.25, -0.2) is 0 Å². The molecule has 0 bridgehead atoms. The van der Waals surface area contributed by atoms with E-state index in [1.165, 1.54) is 0 Å². The Morgan fingerprint density at radius 2 is 2.12 bits per heavy atom. The van der Waals surface area contributed by atoms with Gasteiger partial charge in [-0.2, -0.15) is 0 Å². The van der Waals surface area contributed by atoms with Crippen molar-refractivity contribution in [1.82, 2.24) is 0 Å². The van der Waals surface area contributed by atoms with Crippen LogP contribution in [0.2, 0.25) is 0 Å². The number of hydrogen-bond acceptors (Lipinski definition) is 4. The highest BCUT2D eigenvalue weighted by Gasteiger charge is 2.63. The SMILES string of the molecule is C=C(C)C(O)CC[C@]1(C)[C@@H](Cl)C[C@H](O)[C@]2(C)[C@@H]3C(=CC[C@@H]12)CO[C@H]3O. The summed E-state index contributed by atoms with van der Waals surface area (Å²) in [6, 6.07) is 0. The Bertz CT molecular complexity index is 576. The Labute approximate surface area is 155 Å². The van der Waals surface area contributed by atoms with Crippen molar-refractivity contribution >= 4 is 11.6 Å². The quantitative estimate of drug-likeness (QED) is 0.525. The molecule has 142 valence electrons. The molecule has 0 radical (unpaired) electrons. The molecule has 1 saturated carbocycles. The zero-order valence-electron chi connectivity index (χ0n) is 15.4. The fourth-order valence-corrected chi connectivity index (χ4v) is 5.99. The minimum absolute atomic E-state index is 0.119. The number of allylic oxidation sites excluding steroid dienone is 1. The molecular formula is C20H31ClO4. The fraction of sp³-hybridized carbons (Fsp3) is 0.800. The minimum atomic E-state index is -0.870. The molecule has 3 rings (SSSR count). The summed E-state index contributed by atoms with van der Waals surface area (Å²) in [6.07, 6.45) is 2.86. The molecule has 1 heterocycles. The van der Waals surface area contributed by atoms with E-state index >= 15 is 0 Å². The molecule has 25 heavy (non-hydrogen) atoms. The predicted molar refractivity (Wildman–Crippen MR) is 98.2 cm³/mol. The molecule has 8 atom stereocenters. The summed E-state index contributed by atoms with van der Waals surface area (Å²) in [6.45, 7) is 10.4. The van der Waals surface area contributed by atoms with Gasteiger partial charge in [0.2, 0.25) is 0 Å². The van der Waals surface area contributed by atoms with Gasteiger partial charge in [0.15, 0.2) is 6.29 Å². The van der Waals surface area contributed by atoms with Gasteiger partial charge in [0.25, 0.3) is 0 Å². The highest BCUT2D eigenvalue weighted by Crippen LogP contribution is 2.64. The van der Waals surface area contributed by atoms with Crippen LogP contribution in [0.3, 0.4) is 0 Å². The van der Waals surface area contributed by atoms with E-state index in [1.54, 1.807) is 0 Å². The third-order valence-electron chi connectivity index (χ3n) is 7.33. The zero-order chi connectivity index (χ0) is 18.6. The Morgan fingerprint density at radius 3 is 2.76 bits per heavy atom. The Morgan fingerprint density at radius 1 is 1.44 bits per heavy atom. The van der Waals surface area contributed by atoms with Gasteiger partial charge in [0.05, 0.1) is 18.8 Å². The lowest BCUT2D eigenvalue weighted by molar-refractivity contribution is -0.183. The van der Waals surface area contributed by atoms with Crippen LogP contribution in [-0.4, -0.2) is 45.8 Å². The van der Waals surface area contributed by atoms with Crippen LogP contribution in [0.25, 0.3) is 0 Å². The van der Waals surface area contributed by atoms with Crippen LogP contribution >= 0.6 is 11.6 Å². The van der Waals surface area contributed by atoms with Crippen LogP contribution in [0, 0.1) is 22.7 Å². The van der Waals surface area contributed by atoms with Gasteiger partial charge < -0.3 is 20.1 Å². The molecule has 4 nitrogen and oxygen atoms in total. The van der Waals surface area contributed by atoms with Crippen molar-refractivity contribution in [2.75, 3.05) is 6.61 Å². The van der Waals surface area contributed by atoms with Gasteiger partial charge in [0, 0.05) is 16.7 Å². The van der Waals surface area contributed by atoms with Crippen molar-refractivity contribution in [3.8, 4) is 0 Å². The van der Waals surface area contributed by atoms with Crippen molar-refractivity contribution < 1.29 is 20.1 Å². The van der Waals surface area contributed by atoms with E-state index in [4.69, 9.17) is 16.3 Å². The lowest BCUT2D eigenvalue weighted by atomic mass is 9.46. The first-order chi connectivity index (χ1) is 11.6. The molecule has 1 unspecified atom stereocenters. The van der Waals surface area contributed by atoms with Crippen molar-refractivity contribution in [2.45, 2.75) is 70.3 Å². The molecule has 0 aromatic rings. The average Bonchev–Trinajstić information content (AvgIpc) is 2.93. The van der Waals surface area contributed by atoms with E-state index in [9.17, 15) is 15.3 Å². The van der Waals surface area contributed by atoms with Crippen LogP contribution in [0.15, 0.2) is 23.8 Å². The fourth-order valence-electron chi connectivity index (χ4n) is 5.56. The summed E-state index contributed by atoms with van der Waals surface area (Å²) in [4.78, 5) is 0. The monoisotopic (exact) mass is 370 g/mol. The van der Waals surface area contributed by atoms with E-state index in [-0.39, 0.29) is 22.6 Å². The highest BCUT2D eigenvalue weighted by atomic mass is 35.5. The van der Waals surface area contributed by atoms with Crippen LogP contribution < -0.4 is 0 Å². The molecule has 0 aromatic carbocycles. The molecule has 1 aliphatic heterocycles. The second-order valence-corrected chi connectivity index (χ2v) is 9.27. The number of halogens is 1. The number of alkyl halides is 1. The smallest absolute Gasteiger partial charge is 0.162 e. The van der Waals surface area contributed by atoms with Crippen LogP contribution in [0.4, 0.5) is 0 Å². The lowest BCUT2D eigenvalue weighted by Crippen LogP contribution is -2.61. The summed E-state index contributed by atoms with van der Waals surface area (Å²) in [5.41, 5.74) is 1.14. The lowest BCUT2D eigenvalue weighted by Gasteiger charge is -2.60. The molecule has 0 spiro atoms. The second kappa shape index (κ2) is 6.65. The molecule has 1 saturated heterocycles. The molecule has 0 aromatic heterocycles. The number of aliphatic hydroxyl groups is 3. The molecule has 3 N–H and O–H groups in total. The first kappa shape index (κ1) is 19.4. The van der Waals surface area contributed by atoms with E-state index in [1.807, 2.05) is 6.92 Å². The number of rotatable bonds is 4. The predicted octanol–water partition coefficient (Wildman–Crippen LogP) is 3.00. The molecule has 0 amide bonds. The molecular weight excluding hydrogens is 340 g/mol. The van der Waals surface area contributed by atoms with E-state index in [0.717, 1.165) is 24.0 Å². The maximum absolute atomic E-state index is 11.0. The summed E-state index contributed by atoms with van der Waals surface area (Å²) in [7, 11) is 0. The van der Waals surface area contributed by atoms with Crippen LogP contribution in [0.1, 0.15) is 46.5 Å². The first-order valence-electron chi connectivity index (χ1n) is 9.26. The third-order valence-corrected chi connectivity index (χ3v) is 8.00. The molecule has 3 aliphatic rings. The van der Waals surface area contributed by atoms with Crippen molar-refractivity contribution in [2.24, 2.45) is 22.7 Å². The van der Waals surface area contributed by atoms with Gasteiger partial charge in [-0.05, 0) is 49.5 Å². The van der Waals surface area contributed by atoms with Gasteiger partial charge in [-0.15, -0.1) is 11.6 Å². The van der Waals surface area contributed by atoms with Gasteiger partial charge in [-0.3, -0.25) is 0 Å². The topological polar surface area (TPSA) is 69.9 Å². The Hall–Kier alpha value is -0.390. The van der Waals surface area contributed by atoms with E-state index < -0.39 is 23.9 Å². The largest absolute Gasteiger partial charge is 0.392 e. The second-order valence-electron chi connectivity index (χ2n) is 8.74. The number of fused-ring (bicyclic) bond motifs is 3. The van der Waals surface area contributed by atoms with Crippen LogP contribution in [0.5, 0.6) is 0 Å². The number of aliphatic hydroxyl groups excluding tert-OH is 3. The summed E-state index contributed by atoms with van der Waals surface area (Å²) >= 11 is 6.76. The minimum Gasteiger partial charge on any atom is -0.392 e. The number of hydrogen-bond donors (Lipinski definition) is 3. The summed E-state index contributed by atoms with van der Waals surface area (Å²) < 4.78 is 5.48. The Kier molecular flexibility index (Phi) is 5.15. The van der Waals surface area contributed by atoms with Crippen molar-refractivity contribution in [3.05, 3.63) is 23.8 Å². The third kappa shape index (κ3) is 2.90. The standard InChI is InChI=1S/C20H31ClO4/c1-11(2)13(22)7-8-19(3)14-6-5-12-10-25-18(24)17(12)20(14,4)16(23)9-15(19)21/h5,13-18,22-24H,1,6-10H2,2-4H3/t13?,14-,15-,16-,17+,18+,19-,20+/m0/s1. The normalized spacial score (nSPS) is 47.6. The maximum atomic E-state index is 11.0. The van der Waals surface area contributed by atoms with Crippen LogP contribution in [-0.2, 0) is 4.74 Å². The van der Waals surface area contributed by atoms with Gasteiger partial charge in [0.1, 0.15) is 0 Å². The zero-order valence-corrected chi connectivity index (χ0v) is 16.2. The van der Waals surface area contributed by atoms with Crippen molar-refractivity contribution in [3.63, 3.8) is 0 Å². The highest BCUT2D eigenvalue weighted by molar-refractivity contribution is 6.21. The molecule has 2 aliphatic carbocycles. The first-order valence-corrected chi connectivity index (χ1v) is 9.70. The summed E-state index contributed by atoms with van der Waals surface area (Å²) in [5.74, 6) is -0.0653.